The Hall–Kier alpha value is -0.895. The lowest BCUT2D eigenvalue weighted by Crippen LogP contribution is -2.53. The lowest BCUT2D eigenvalue weighted by molar-refractivity contribution is 0.127. The van der Waals surface area contributed by atoms with Gasteiger partial charge in [0.25, 0.3) is 0 Å². The highest BCUT2D eigenvalue weighted by atomic mass is 16.7. The summed E-state index contributed by atoms with van der Waals surface area (Å²) in [6, 6.07) is 4.32. The fourth-order valence-corrected chi connectivity index (χ4v) is 3.43. The fourth-order valence-electron chi connectivity index (χ4n) is 3.43. The first-order valence-electron chi connectivity index (χ1n) is 6.52. The van der Waals surface area contributed by atoms with Crippen molar-refractivity contribution in [2.45, 2.75) is 22.7 Å². The Kier molecular flexibility index (Phi) is 2.26. The lowest BCUT2D eigenvalue weighted by Gasteiger charge is -2.33. The van der Waals surface area contributed by atoms with Crippen molar-refractivity contribution < 1.29 is 9.47 Å². The summed E-state index contributed by atoms with van der Waals surface area (Å²) in [6.07, 6.45) is -0.192. The summed E-state index contributed by atoms with van der Waals surface area (Å²) < 4.78 is 11.3. The Morgan fingerprint density at radius 2 is 1.33 bits per heavy atom. The van der Waals surface area contributed by atoms with Gasteiger partial charge >= 0.3 is 0 Å². The molecule has 1 aliphatic heterocycles. The van der Waals surface area contributed by atoms with Crippen molar-refractivity contribution in [3.63, 3.8) is 0 Å². The molecule has 1 aromatic rings. The lowest BCUT2D eigenvalue weighted by atomic mass is 9.42. The zero-order valence-electron chi connectivity index (χ0n) is 11.7. The van der Waals surface area contributed by atoms with Gasteiger partial charge in [-0.25, -0.2) is 0 Å². The van der Waals surface area contributed by atoms with Crippen LogP contribution in [0.25, 0.3) is 0 Å². The topological polar surface area (TPSA) is 44.5 Å². The molecule has 0 spiro atoms. The number of hydrogen-bond acceptors (Lipinski definition) is 3. The number of rotatable bonds is 0. The summed E-state index contributed by atoms with van der Waals surface area (Å²) in [5, 5.41) is -0.0773. The number of fused-ring (bicyclic) bond motifs is 2. The molecule has 3 rings (SSSR count). The van der Waals surface area contributed by atoms with E-state index in [1.165, 1.54) is 11.1 Å². The van der Waals surface area contributed by atoms with Crippen LogP contribution < -0.4 is 15.2 Å². The molecule has 1 aromatic carbocycles. The first kappa shape index (κ1) is 12.2. The van der Waals surface area contributed by atoms with Crippen LogP contribution in [0.15, 0.2) is 12.1 Å². The number of benzene rings is 1. The van der Waals surface area contributed by atoms with Crippen LogP contribution in [-0.4, -0.2) is 51.5 Å². The zero-order valence-corrected chi connectivity index (χ0v) is 11.7. The molecule has 0 aromatic heterocycles. The van der Waals surface area contributed by atoms with E-state index in [0.29, 0.717) is 0 Å². The average Bonchev–Trinajstić information content (AvgIpc) is 2.69. The van der Waals surface area contributed by atoms with Crippen LogP contribution in [0, 0.1) is 0 Å². The molecule has 18 heavy (non-hydrogen) atoms. The Morgan fingerprint density at radius 3 is 1.72 bits per heavy atom. The van der Waals surface area contributed by atoms with Gasteiger partial charge in [0.15, 0.2) is 17.7 Å². The third-order valence-electron chi connectivity index (χ3n) is 4.61. The molecule has 8 heteroatoms. The van der Waals surface area contributed by atoms with Crippen LogP contribution in [-0.2, 0) is 10.4 Å². The number of nitrogens with two attached hydrogens (primary N) is 1. The standard InChI is InChI=1S/C10H16B5NO2/c11-8-17-5-1-3-4(2-6(5)18-8)10(14,15)7(16)9(3,12)13/h1-2,7-8H,11-16H2. The second-order valence-electron chi connectivity index (χ2n) is 6.57. The van der Waals surface area contributed by atoms with E-state index < -0.39 is 0 Å². The smallest absolute Gasteiger partial charge is 0.207 e. The average molecular weight is 236 g/mol. The molecule has 0 radical (unpaired) electrons. The van der Waals surface area contributed by atoms with Crippen LogP contribution in [0.2, 0.25) is 0 Å². The van der Waals surface area contributed by atoms with E-state index >= 15 is 0 Å². The molecule has 3 nitrogen and oxygen atoms in total. The number of hydrogen-bond donors (Lipinski definition) is 1. The van der Waals surface area contributed by atoms with Gasteiger partial charge in [-0.3, -0.25) is 0 Å². The van der Waals surface area contributed by atoms with Gasteiger partial charge < -0.3 is 15.2 Å². The first-order chi connectivity index (χ1) is 8.24. The van der Waals surface area contributed by atoms with Gasteiger partial charge in [0.1, 0.15) is 31.4 Å². The van der Waals surface area contributed by atoms with Gasteiger partial charge in [-0.1, -0.05) is 0 Å². The summed E-state index contributed by atoms with van der Waals surface area (Å²) >= 11 is 0. The molecule has 0 unspecified atom stereocenters. The van der Waals surface area contributed by atoms with Crippen LogP contribution >= 0.6 is 0 Å². The molecule has 0 amide bonds. The minimum Gasteiger partial charge on any atom is -0.460 e. The van der Waals surface area contributed by atoms with Gasteiger partial charge in [-0.15, -0.1) is 0 Å². The predicted octanol–water partition coefficient (Wildman–Crippen LogP) is -4.45. The minimum atomic E-state index is -0.192. The van der Waals surface area contributed by atoms with Crippen LogP contribution in [0.1, 0.15) is 11.1 Å². The summed E-state index contributed by atoms with van der Waals surface area (Å²) in [5.74, 6) is 1.69. The monoisotopic (exact) mass is 237 g/mol. The summed E-state index contributed by atoms with van der Waals surface area (Å²) in [4.78, 5) is 0. The molecule has 88 valence electrons. The Balaban J connectivity index is 2.22. The van der Waals surface area contributed by atoms with E-state index in [2.05, 4.69) is 43.5 Å². The van der Waals surface area contributed by atoms with Crippen LogP contribution in [0.4, 0.5) is 0 Å². The van der Waals surface area contributed by atoms with Gasteiger partial charge in [-0.05, 0) is 39.7 Å². The van der Waals surface area contributed by atoms with Crippen molar-refractivity contribution >= 4 is 39.2 Å². The molecule has 0 fully saturated rings. The molecular weight excluding hydrogens is 220 g/mol. The zero-order chi connectivity index (χ0) is 13.3. The normalized spacial score (nSPS) is 24.1. The van der Waals surface area contributed by atoms with Crippen molar-refractivity contribution in [2.24, 2.45) is 5.73 Å². The Bertz CT molecular complexity index is 488. The van der Waals surface area contributed by atoms with Crippen molar-refractivity contribution in [1.82, 2.24) is 0 Å². The number of ether oxygens (including phenoxy) is 2. The molecule has 0 saturated carbocycles. The fraction of sp³-hybridized carbons (Fsp3) is 0.400. The van der Waals surface area contributed by atoms with E-state index in [-0.39, 0.29) is 22.7 Å². The van der Waals surface area contributed by atoms with Crippen LogP contribution in [0.5, 0.6) is 11.5 Å². The van der Waals surface area contributed by atoms with Gasteiger partial charge in [0.05, 0.1) is 0 Å². The van der Waals surface area contributed by atoms with E-state index in [1.807, 2.05) is 7.85 Å². The Labute approximate surface area is 112 Å². The summed E-state index contributed by atoms with van der Waals surface area (Å²) in [5.41, 5.74) is 9.02. The maximum atomic E-state index is 6.45. The predicted molar refractivity (Wildman–Crippen MR) is 85.5 cm³/mol. The van der Waals surface area contributed by atoms with E-state index in [4.69, 9.17) is 15.2 Å². The maximum Gasteiger partial charge on any atom is 0.207 e. The third kappa shape index (κ3) is 1.35. The van der Waals surface area contributed by atoms with E-state index in [1.54, 1.807) is 0 Å². The maximum absolute atomic E-state index is 6.45. The minimum absolute atomic E-state index is 0.0386. The molecule has 2 N–H and O–H groups in total. The summed E-state index contributed by atoms with van der Waals surface area (Å²) in [6.45, 7) is 0. The molecule has 1 aliphatic carbocycles. The highest BCUT2D eigenvalue weighted by molar-refractivity contribution is 6.48. The third-order valence-corrected chi connectivity index (χ3v) is 4.61. The molecule has 0 saturated heterocycles. The molecule has 0 bridgehead atoms. The largest absolute Gasteiger partial charge is 0.460 e. The van der Waals surface area contributed by atoms with E-state index in [0.717, 1.165) is 11.5 Å². The van der Waals surface area contributed by atoms with Crippen molar-refractivity contribution in [3.05, 3.63) is 23.3 Å². The van der Waals surface area contributed by atoms with E-state index in [9.17, 15) is 0 Å². The molecular formula is C10H16B5NO2. The first-order valence-corrected chi connectivity index (χ1v) is 6.52. The molecule has 2 aliphatic rings. The highest BCUT2D eigenvalue weighted by Gasteiger charge is 2.49. The highest BCUT2D eigenvalue weighted by Crippen LogP contribution is 2.48. The second-order valence-corrected chi connectivity index (χ2v) is 6.57. The van der Waals surface area contributed by atoms with Crippen LogP contribution in [0.3, 0.4) is 0 Å². The quantitative estimate of drug-likeness (QED) is 0.462. The van der Waals surface area contributed by atoms with Crippen molar-refractivity contribution in [2.75, 3.05) is 0 Å². The van der Waals surface area contributed by atoms with Gasteiger partial charge in [0.2, 0.25) is 7.85 Å². The Morgan fingerprint density at radius 1 is 0.944 bits per heavy atom. The van der Waals surface area contributed by atoms with Crippen molar-refractivity contribution in [1.29, 1.82) is 0 Å². The SMILES string of the molecule is BC1Oc2cc3c(cc2O1)C(B)(B)C(N)C3(B)B. The van der Waals surface area contributed by atoms with Gasteiger partial charge in [-0.2, -0.15) is 0 Å². The second kappa shape index (κ2) is 3.35. The van der Waals surface area contributed by atoms with Crippen molar-refractivity contribution in [3.8, 4) is 11.5 Å². The molecule has 0 atom stereocenters. The van der Waals surface area contributed by atoms with Gasteiger partial charge in [0, 0.05) is 0 Å². The molecule has 1 heterocycles. The summed E-state index contributed by atoms with van der Waals surface area (Å²) in [7, 11) is 10.7.